The summed E-state index contributed by atoms with van der Waals surface area (Å²) in [7, 11) is 3.19. The van der Waals surface area contributed by atoms with Crippen molar-refractivity contribution in [1.82, 2.24) is 0 Å². The van der Waals surface area contributed by atoms with Gasteiger partial charge in [-0.1, -0.05) is 11.6 Å². The Morgan fingerprint density at radius 1 is 1.05 bits per heavy atom. The summed E-state index contributed by atoms with van der Waals surface area (Å²) in [5.74, 6) is 1.60. The summed E-state index contributed by atoms with van der Waals surface area (Å²) >= 11 is 6.18. The van der Waals surface area contributed by atoms with Gasteiger partial charge in [0.25, 0.3) is 0 Å². The summed E-state index contributed by atoms with van der Waals surface area (Å²) in [5.41, 5.74) is 1.47. The molecule has 0 aromatic heterocycles. The van der Waals surface area contributed by atoms with Gasteiger partial charge in [0, 0.05) is 11.6 Å². The first-order valence-electron chi connectivity index (χ1n) is 6.52. The molecule has 4 nitrogen and oxygen atoms in total. The minimum Gasteiger partial charge on any atom is -0.508 e. The average molecular weight is 308 g/mol. The summed E-state index contributed by atoms with van der Waals surface area (Å²) < 4.78 is 10.4. The molecule has 2 aromatic carbocycles. The van der Waals surface area contributed by atoms with Crippen LogP contribution >= 0.6 is 11.6 Å². The highest BCUT2D eigenvalue weighted by Crippen LogP contribution is 2.33. The van der Waals surface area contributed by atoms with Crippen LogP contribution in [-0.4, -0.2) is 19.3 Å². The fourth-order valence-electron chi connectivity index (χ4n) is 2.06. The van der Waals surface area contributed by atoms with Crippen LogP contribution in [0.3, 0.4) is 0 Å². The average Bonchev–Trinajstić information content (AvgIpc) is 2.49. The molecule has 0 bridgehead atoms. The predicted octanol–water partition coefficient (Wildman–Crippen LogP) is 4.24. The van der Waals surface area contributed by atoms with E-state index in [1.165, 1.54) is 0 Å². The molecule has 0 aliphatic rings. The number of phenolic OH excluding ortho intramolecular Hbond substituents is 1. The van der Waals surface area contributed by atoms with Gasteiger partial charge in [0.1, 0.15) is 17.2 Å². The zero-order chi connectivity index (χ0) is 15.4. The minimum atomic E-state index is -0.148. The largest absolute Gasteiger partial charge is 0.508 e. The van der Waals surface area contributed by atoms with Crippen molar-refractivity contribution in [2.45, 2.75) is 13.0 Å². The number of benzene rings is 2. The number of halogens is 1. The topological polar surface area (TPSA) is 50.7 Å². The molecule has 0 amide bonds. The number of nitrogens with one attached hydrogen (secondary N) is 1. The van der Waals surface area contributed by atoms with E-state index >= 15 is 0 Å². The normalized spacial score (nSPS) is 11.8. The van der Waals surface area contributed by atoms with Crippen molar-refractivity contribution in [1.29, 1.82) is 0 Å². The third kappa shape index (κ3) is 3.52. The van der Waals surface area contributed by atoms with Gasteiger partial charge < -0.3 is 19.9 Å². The van der Waals surface area contributed by atoms with Gasteiger partial charge in [0.15, 0.2) is 0 Å². The van der Waals surface area contributed by atoms with E-state index in [-0.39, 0.29) is 11.8 Å². The first-order valence-corrected chi connectivity index (χ1v) is 6.90. The highest BCUT2D eigenvalue weighted by atomic mass is 35.5. The number of phenols is 1. The van der Waals surface area contributed by atoms with Crippen molar-refractivity contribution in [2.75, 3.05) is 19.5 Å². The first kappa shape index (κ1) is 15.3. The monoisotopic (exact) mass is 307 g/mol. The van der Waals surface area contributed by atoms with E-state index in [9.17, 15) is 5.11 Å². The molecule has 112 valence electrons. The Morgan fingerprint density at radius 2 is 1.67 bits per heavy atom. The van der Waals surface area contributed by atoms with Crippen LogP contribution in [0, 0.1) is 0 Å². The molecule has 2 rings (SSSR count). The Balaban J connectivity index is 2.27. The molecule has 21 heavy (non-hydrogen) atoms. The van der Waals surface area contributed by atoms with Gasteiger partial charge in [-0.2, -0.15) is 0 Å². The highest BCUT2D eigenvalue weighted by Gasteiger charge is 2.13. The molecule has 0 aliphatic carbocycles. The maximum atomic E-state index is 10.00. The predicted molar refractivity (Wildman–Crippen MR) is 84.7 cm³/mol. The van der Waals surface area contributed by atoms with Gasteiger partial charge in [0.05, 0.1) is 31.0 Å². The van der Waals surface area contributed by atoms with Crippen LogP contribution < -0.4 is 14.8 Å². The number of hydrogen-bond acceptors (Lipinski definition) is 4. The maximum absolute atomic E-state index is 10.00. The van der Waals surface area contributed by atoms with Crippen LogP contribution in [0.15, 0.2) is 36.4 Å². The summed E-state index contributed by atoms with van der Waals surface area (Å²) in [4.78, 5) is 0. The lowest BCUT2D eigenvalue weighted by molar-refractivity contribution is 0.410. The Labute approximate surface area is 129 Å². The molecule has 0 saturated heterocycles. The number of anilines is 1. The van der Waals surface area contributed by atoms with E-state index in [2.05, 4.69) is 5.32 Å². The number of methoxy groups -OCH3 is 2. The molecule has 0 heterocycles. The number of aromatic hydroxyl groups is 1. The van der Waals surface area contributed by atoms with Crippen LogP contribution in [0.25, 0.3) is 0 Å². The lowest BCUT2D eigenvalue weighted by Gasteiger charge is -2.19. The van der Waals surface area contributed by atoms with E-state index in [1.54, 1.807) is 44.6 Å². The molecule has 2 N–H and O–H groups in total. The molecule has 0 aliphatic heterocycles. The lowest BCUT2D eigenvalue weighted by atomic mass is 10.1. The molecular formula is C16H18ClNO3. The molecular weight excluding hydrogens is 290 g/mol. The summed E-state index contributed by atoms with van der Waals surface area (Å²) in [6.45, 7) is 1.93. The summed E-state index contributed by atoms with van der Waals surface area (Å²) in [6, 6.07) is 10.3. The lowest BCUT2D eigenvalue weighted by Crippen LogP contribution is -2.07. The zero-order valence-electron chi connectivity index (χ0n) is 12.2. The van der Waals surface area contributed by atoms with Crippen molar-refractivity contribution in [3.05, 3.63) is 47.0 Å². The third-order valence-corrected chi connectivity index (χ3v) is 3.58. The second-order valence-electron chi connectivity index (χ2n) is 4.64. The van der Waals surface area contributed by atoms with Crippen LogP contribution in [0.5, 0.6) is 17.2 Å². The van der Waals surface area contributed by atoms with E-state index < -0.39 is 0 Å². The molecule has 0 saturated carbocycles. The second kappa shape index (κ2) is 6.59. The molecule has 2 aromatic rings. The van der Waals surface area contributed by atoms with E-state index in [4.69, 9.17) is 21.1 Å². The first-order chi connectivity index (χ1) is 10.0. The molecule has 0 radical (unpaired) electrons. The van der Waals surface area contributed by atoms with Crippen LogP contribution in [0.4, 0.5) is 5.69 Å². The number of hydrogen-bond donors (Lipinski definition) is 2. The fraction of sp³-hybridized carbons (Fsp3) is 0.250. The van der Waals surface area contributed by atoms with Gasteiger partial charge in [-0.25, -0.2) is 0 Å². The Morgan fingerprint density at radius 3 is 2.33 bits per heavy atom. The third-order valence-electron chi connectivity index (χ3n) is 3.25. The molecule has 5 heteroatoms. The van der Waals surface area contributed by atoms with Crippen LogP contribution in [-0.2, 0) is 0 Å². The van der Waals surface area contributed by atoms with Gasteiger partial charge in [-0.15, -0.1) is 0 Å². The maximum Gasteiger partial charge on any atom is 0.121 e. The fourth-order valence-corrected chi connectivity index (χ4v) is 2.23. The van der Waals surface area contributed by atoms with Gasteiger partial charge in [0.2, 0.25) is 0 Å². The molecule has 0 fully saturated rings. The highest BCUT2D eigenvalue weighted by molar-refractivity contribution is 6.33. The smallest absolute Gasteiger partial charge is 0.121 e. The number of ether oxygens (including phenoxy) is 2. The van der Waals surface area contributed by atoms with Crippen molar-refractivity contribution in [3.8, 4) is 17.2 Å². The quantitative estimate of drug-likeness (QED) is 0.867. The Bertz CT molecular complexity index is 631. The molecule has 1 atom stereocenters. The Hall–Kier alpha value is -2.07. The standard InChI is InChI=1S/C16H18ClNO3/c1-10(13-8-11(20-2)5-7-16(13)19)18-15-9-12(21-3)4-6-14(15)17/h4-10,18-19H,1-3H3. The van der Waals surface area contributed by atoms with Gasteiger partial charge in [-0.3, -0.25) is 0 Å². The van der Waals surface area contributed by atoms with Crippen LogP contribution in [0.2, 0.25) is 5.02 Å². The van der Waals surface area contributed by atoms with Gasteiger partial charge in [-0.05, 0) is 37.3 Å². The van der Waals surface area contributed by atoms with Gasteiger partial charge >= 0.3 is 0 Å². The zero-order valence-corrected chi connectivity index (χ0v) is 12.9. The molecule has 1 unspecified atom stereocenters. The van der Waals surface area contributed by atoms with E-state index in [0.717, 1.165) is 11.3 Å². The van der Waals surface area contributed by atoms with Crippen LogP contribution in [0.1, 0.15) is 18.5 Å². The number of rotatable bonds is 5. The van der Waals surface area contributed by atoms with Crippen molar-refractivity contribution in [3.63, 3.8) is 0 Å². The van der Waals surface area contributed by atoms with E-state index in [0.29, 0.717) is 16.5 Å². The van der Waals surface area contributed by atoms with E-state index in [1.807, 2.05) is 13.0 Å². The summed E-state index contributed by atoms with van der Waals surface area (Å²) in [5, 5.41) is 13.8. The van der Waals surface area contributed by atoms with Crippen molar-refractivity contribution in [2.24, 2.45) is 0 Å². The van der Waals surface area contributed by atoms with Crippen molar-refractivity contribution >= 4 is 17.3 Å². The van der Waals surface area contributed by atoms with Crippen molar-refractivity contribution < 1.29 is 14.6 Å². The summed E-state index contributed by atoms with van der Waals surface area (Å²) in [6.07, 6.45) is 0. The minimum absolute atomic E-state index is 0.148. The SMILES string of the molecule is COc1ccc(Cl)c(NC(C)c2cc(OC)ccc2O)c1. The Kier molecular flexibility index (Phi) is 4.81. The second-order valence-corrected chi connectivity index (χ2v) is 5.04. The molecule has 0 spiro atoms.